The van der Waals surface area contributed by atoms with Crippen LogP contribution >= 0.6 is 48.5 Å². The van der Waals surface area contributed by atoms with Crippen molar-refractivity contribution in [2.24, 2.45) is 9.28 Å². The van der Waals surface area contributed by atoms with Crippen molar-refractivity contribution < 1.29 is 13.0 Å². The van der Waals surface area contributed by atoms with E-state index in [-0.39, 0.29) is 0 Å². The fraction of sp³-hybridized carbons (Fsp3) is 0. The van der Waals surface area contributed by atoms with E-state index in [4.69, 9.17) is 22.5 Å². The third-order valence-electron chi connectivity index (χ3n) is 0.373. The summed E-state index contributed by atoms with van der Waals surface area (Å²) in [5.41, 5.74) is 0. The molecule has 3 nitrogen and oxygen atoms in total. The molecular formula is CCl2F2N2OP2S. The number of nitrogens with zero attached hydrogens (tertiary/aromatic N) is 2. The molecule has 0 saturated carbocycles. The van der Waals surface area contributed by atoms with Crippen molar-refractivity contribution in [3.05, 3.63) is 0 Å². The molecule has 0 amide bonds. The Morgan fingerprint density at radius 1 is 1.45 bits per heavy atom. The van der Waals surface area contributed by atoms with Crippen molar-refractivity contribution in [3.63, 3.8) is 0 Å². The van der Waals surface area contributed by atoms with Crippen LogP contribution in [0.15, 0.2) is 9.28 Å². The van der Waals surface area contributed by atoms with Crippen molar-refractivity contribution in [1.29, 1.82) is 0 Å². The summed E-state index contributed by atoms with van der Waals surface area (Å²) in [6.45, 7) is 0. The Morgan fingerprint density at radius 3 is 2.18 bits per heavy atom. The minimum Gasteiger partial charge on any atom is -0.224 e. The number of isothiocyanates is 1. The first-order valence-electron chi connectivity index (χ1n) is 1.89. The van der Waals surface area contributed by atoms with Crippen molar-refractivity contribution in [1.82, 2.24) is 0 Å². The van der Waals surface area contributed by atoms with Gasteiger partial charge in [0.05, 0.1) is 5.16 Å². The fourth-order valence-electron chi connectivity index (χ4n) is 0.194. The SMILES string of the molecule is O=P(F)(F)N=P(Cl)(Cl)N=C=S. The first kappa shape index (κ1) is 11.7. The van der Waals surface area contributed by atoms with Crippen molar-refractivity contribution in [2.75, 3.05) is 0 Å². The molecule has 0 aliphatic carbocycles. The monoisotopic (exact) mass is 258 g/mol. The average molecular weight is 259 g/mol. The topological polar surface area (TPSA) is 41.8 Å². The van der Waals surface area contributed by atoms with Gasteiger partial charge in [0.2, 0.25) is 0 Å². The summed E-state index contributed by atoms with van der Waals surface area (Å²) in [4.78, 5) is 0. The van der Waals surface area contributed by atoms with Gasteiger partial charge in [-0.15, -0.1) is 12.9 Å². The van der Waals surface area contributed by atoms with Crippen molar-refractivity contribution in [3.8, 4) is 0 Å². The lowest BCUT2D eigenvalue weighted by Gasteiger charge is -1.96. The lowest BCUT2D eigenvalue weighted by atomic mass is 11.8. The second kappa shape index (κ2) is 4.08. The summed E-state index contributed by atoms with van der Waals surface area (Å²) < 4.78 is 38.3. The number of hydrogen-bond acceptors (Lipinski definition) is 2. The first-order valence-corrected chi connectivity index (χ1v) is 7.24. The molecule has 0 unspecified atom stereocenters. The van der Waals surface area contributed by atoms with Crippen LogP contribution in [0.1, 0.15) is 0 Å². The predicted molar refractivity (Wildman–Crippen MR) is 45.9 cm³/mol. The molecule has 0 bridgehead atoms. The molecule has 0 aromatic rings. The molecule has 0 saturated heterocycles. The zero-order valence-corrected chi connectivity index (χ0v) is 8.73. The zero-order chi connectivity index (χ0) is 9.12. The van der Waals surface area contributed by atoms with Crippen molar-refractivity contribution >= 4 is 53.7 Å². The van der Waals surface area contributed by atoms with Crippen LogP contribution in [0.25, 0.3) is 0 Å². The highest BCUT2D eigenvalue weighted by molar-refractivity contribution is 8.11. The molecule has 0 heterocycles. The van der Waals surface area contributed by atoms with Crippen LogP contribution < -0.4 is 0 Å². The number of halogens is 4. The maximum absolute atomic E-state index is 11.7. The van der Waals surface area contributed by atoms with Crippen LogP contribution in [0, 0.1) is 0 Å². The van der Waals surface area contributed by atoms with Gasteiger partial charge in [-0.2, -0.15) is 4.76 Å². The van der Waals surface area contributed by atoms with Crippen LogP contribution in [-0.4, -0.2) is 5.16 Å². The molecule has 0 atom stereocenters. The molecule has 10 heteroatoms. The average Bonchev–Trinajstić information content (AvgIpc) is 1.55. The van der Waals surface area contributed by atoms with Gasteiger partial charge in [-0.25, -0.2) is 4.57 Å². The molecule has 0 rings (SSSR count). The molecule has 11 heavy (non-hydrogen) atoms. The normalized spacial score (nSPS) is 12.0. The molecule has 0 aromatic carbocycles. The maximum atomic E-state index is 11.7. The Morgan fingerprint density at radius 2 is 1.91 bits per heavy atom. The Kier molecular flexibility index (Phi) is 4.34. The minimum atomic E-state index is -5.59. The predicted octanol–water partition coefficient (Wildman–Crippen LogP) is 4.56. The van der Waals surface area contributed by atoms with Gasteiger partial charge in [-0.1, -0.05) is 0 Å². The van der Waals surface area contributed by atoms with E-state index in [1.165, 1.54) is 0 Å². The molecule has 0 N–H and O–H groups in total. The smallest absolute Gasteiger partial charge is 0.224 e. The highest BCUT2D eigenvalue weighted by atomic mass is 35.9. The Labute approximate surface area is 76.2 Å². The summed E-state index contributed by atoms with van der Waals surface area (Å²) in [5.74, 6) is -3.60. The first-order chi connectivity index (χ1) is 4.77. The highest BCUT2D eigenvalue weighted by Gasteiger charge is 2.23. The van der Waals surface area contributed by atoms with E-state index >= 15 is 0 Å². The van der Waals surface area contributed by atoms with E-state index in [9.17, 15) is 13.0 Å². The molecule has 0 fully saturated rings. The summed E-state index contributed by atoms with van der Waals surface area (Å²) in [6, 6.07) is 0. The molecule has 0 aromatic heterocycles. The van der Waals surface area contributed by atoms with Gasteiger partial charge in [0, 0.05) is 0 Å². The largest absolute Gasteiger partial charge is 0.531 e. The Bertz CT molecular complexity index is 288. The summed E-state index contributed by atoms with van der Waals surface area (Å²) >= 11 is 14.2. The van der Waals surface area contributed by atoms with E-state index < -0.39 is 13.8 Å². The summed E-state index contributed by atoms with van der Waals surface area (Å²) in [7, 11) is -5.59. The maximum Gasteiger partial charge on any atom is 0.531 e. The van der Waals surface area contributed by atoms with E-state index in [0.717, 1.165) is 0 Å². The van der Waals surface area contributed by atoms with Gasteiger partial charge in [0.15, 0.2) is 0 Å². The van der Waals surface area contributed by atoms with Gasteiger partial charge in [0.25, 0.3) is 5.91 Å². The summed E-state index contributed by atoms with van der Waals surface area (Å²) in [6.07, 6.45) is 0. The van der Waals surface area contributed by atoms with E-state index in [1.807, 2.05) is 0 Å². The number of hydrogen-bond donors (Lipinski definition) is 0. The number of thiocarbonyl (C=S) groups is 1. The van der Waals surface area contributed by atoms with Gasteiger partial charge >= 0.3 is 7.91 Å². The minimum absolute atomic E-state index is 1.68. The molecule has 0 aliphatic rings. The van der Waals surface area contributed by atoms with E-state index in [1.54, 1.807) is 5.16 Å². The Balaban J connectivity index is 4.97. The van der Waals surface area contributed by atoms with E-state index in [0.29, 0.717) is 0 Å². The highest BCUT2D eigenvalue weighted by Crippen LogP contribution is 2.70. The van der Waals surface area contributed by atoms with Gasteiger partial charge < -0.3 is 0 Å². The van der Waals surface area contributed by atoms with Crippen LogP contribution in [-0.2, 0) is 4.57 Å². The zero-order valence-electron chi connectivity index (χ0n) is 4.62. The van der Waals surface area contributed by atoms with Crippen molar-refractivity contribution in [2.45, 2.75) is 0 Å². The van der Waals surface area contributed by atoms with Crippen LogP contribution in [0.5, 0.6) is 0 Å². The molecule has 0 aliphatic heterocycles. The van der Waals surface area contributed by atoms with Gasteiger partial charge in [-0.05, 0) is 34.7 Å². The third-order valence-corrected chi connectivity index (χ3v) is 4.30. The fourth-order valence-corrected chi connectivity index (χ4v) is 3.72. The van der Waals surface area contributed by atoms with Crippen LogP contribution in [0.3, 0.4) is 0 Å². The van der Waals surface area contributed by atoms with Crippen LogP contribution in [0.4, 0.5) is 8.39 Å². The molecule has 64 valence electrons. The number of rotatable bonds is 2. The summed E-state index contributed by atoms with van der Waals surface area (Å²) in [5, 5.41) is 1.68. The quantitative estimate of drug-likeness (QED) is 0.414. The Hall–Kier alpha value is 0.700. The standard InChI is InChI=1S/CCl2F2N2OP2S/c2-9(3,6-1-11)7-10(4,5)8. The van der Waals surface area contributed by atoms with Gasteiger partial charge in [-0.3, -0.25) is 0 Å². The lowest BCUT2D eigenvalue weighted by molar-refractivity contribution is 0.497. The van der Waals surface area contributed by atoms with E-state index in [2.05, 4.69) is 21.5 Å². The molecule has 0 spiro atoms. The lowest BCUT2D eigenvalue weighted by Crippen LogP contribution is -1.53. The second-order valence-corrected chi connectivity index (χ2v) is 7.40. The molecular weight excluding hydrogens is 259 g/mol. The molecule has 0 radical (unpaired) electrons. The second-order valence-electron chi connectivity index (χ2n) is 1.17. The third kappa shape index (κ3) is 7.07. The van der Waals surface area contributed by atoms with Crippen LogP contribution in [0.2, 0.25) is 0 Å². The van der Waals surface area contributed by atoms with Gasteiger partial charge in [0.1, 0.15) is 0 Å².